The summed E-state index contributed by atoms with van der Waals surface area (Å²) in [5.41, 5.74) is -0.720. The Balaban J connectivity index is 2.84. The summed E-state index contributed by atoms with van der Waals surface area (Å²) in [6.45, 7) is 6.39. The summed E-state index contributed by atoms with van der Waals surface area (Å²) in [5.74, 6) is 1.08. The minimum atomic E-state index is -0.720. The van der Waals surface area contributed by atoms with Crippen LogP contribution in [0.3, 0.4) is 0 Å². The first-order valence-corrected chi connectivity index (χ1v) is 8.01. The number of amides is 2. The van der Waals surface area contributed by atoms with Gasteiger partial charge in [-0.15, -0.1) is 0 Å². The van der Waals surface area contributed by atoms with Crippen LogP contribution >= 0.6 is 11.8 Å². The molecule has 0 saturated carbocycles. The molecule has 0 spiro atoms. The Bertz CT molecular complexity index is 322. The topological polar surface area (TPSA) is 49.4 Å². The van der Waals surface area contributed by atoms with E-state index in [0.29, 0.717) is 19.4 Å². The fourth-order valence-corrected chi connectivity index (χ4v) is 2.71. The quantitative estimate of drug-likeness (QED) is 0.748. The second-order valence-corrected chi connectivity index (χ2v) is 5.93. The Morgan fingerprint density at radius 1 is 1.39 bits per heavy atom. The van der Waals surface area contributed by atoms with Gasteiger partial charge in [0.1, 0.15) is 11.6 Å². The average molecular weight is 272 g/mol. The Kier molecular flexibility index (Phi) is 5.50. The number of nitrogens with zero attached hydrogens (tertiary/aromatic N) is 1. The van der Waals surface area contributed by atoms with Gasteiger partial charge in [-0.1, -0.05) is 13.8 Å². The second-order valence-electron chi connectivity index (χ2n) is 4.94. The van der Waals surface area contributed by atoms with Crippen LogP contribution in [0.2, 0.25) is 0 Å². The van der Waals surface area contributed by atoms with Crippen LogP contribution in [0.1, 0.15) is 40.0 Å². The highest BCUT2D eigenvalue weighted by Crippen LogP contribution is 2.23. The predicted molar refractivity (Wildman–Crippen MR) is 75.6 cm³/mol. The van der Waals surface area contributed by atoms with Crippen molar-refractivity contribution in [1.29, 1.82) is 0 Å². The maximum Gasteiger partial charge on any atom is 0.248 e. The van der Waals surface area contributed by atoms with Gasteiger partial charge in [-0.3, -0.25) is 9.59 Å². The number of hydrogen-bond donors (Lipinski definition) is 1. The summed E-state index contributed by atoms with van der Waals surface area (Å²) in [7, 11) is 0. The van der Waals surface area contributed by atoms with Crippen LogP contribution in [-0.4, -0.2) is 46.8 Å². The molecular formula is C13H24N2O2S. The van der Waals surface area contributed by atoms with E-state index in [-0.39, 0.29) is 17.9 Å². The van der Waals surface area contributed by atoms with Crippen molar-refractivity contribution < 1.29 is 9.59 Å². The SMILES string of the molecule is CCC1C(=O)NC(C)(CC)C(=O)N1CCCSC. The Hall–Kier alpha value is -0.710. The summed E-state index contributed by atoms with van der Waals surface area (Å²) in [6, 6.07) is -0.293. The molecule has 0 aromatic rings. The van der Waals surface area contributed by atoms with E-state index in [0.717, 1.165) is 12.2 Å². The van der Waals surface area contributed by atoms with Crippen molar-refractivity contribution in [2.75, 3.05) is 18.6 Å². The fourth-order valence-electron chi connectivity index (χ4n) is 2.29. The number of carbonyl (C=O) groups is 2. The smallest absolute Gasteiger partial charge is 0.248 e. The lowest BCUT2D eigenvalue weighted by Gasteiger charge is -2.44. The Morgan fingerprint density at radius 3 is 2.56 bits per heavy atom. The van der Waals surface area contributed by atoms with E-state index in [1.165, 1.54) is 0 Å². The molecule has 1 N–H and O–H groups in total. The molecule has 0 aromatic carbocycles. The second kappa shape index (κ2) is 6.45. The molecule has 0 bridgehead atoms. The van der Waals surface area contributed by atoms with Gasteiger partial charge in [0.15, 0.2) is 0 Å². The highest BCUT2D eigenvalue weighted by atomic mass is 32.2. The average Bonchev–Trinajstić information content (AvgIpc) is 2.35. The van der Waals surface area contributed by atoms with Gasteiger partial charge >= 0.3 is 0 Å². The lowest BCUT2D eigenvalue weighted by molar-refractivity contribution is -0.154. The number of piperazine rings is 1. The van der Waals surface area contributed by atoms with Gasteiger partial charge in [-0.25, -0.2) is 0 Å². The van der Waals surface area contributed by atoms with Crippen molar-refractivity contribution in [3.8, 4) is 0 Å². The zero-order chi connectivity index (χ0) is 13.8. The molecule has 2 atom stereocenters. The third-order valence-corrected chi connectivity index (χ3v) is 4.35. The summed E-state index contributed by atoms with van der Waals surface area (Å²) >= 11 is 1.77. The van der Waals surface area contributed by atoms with E-state index in [2.05, 4.69) is 11.6 Å². The zero-order valence-electron chi connectivity index (χ0n) is 11.8. The standard InChI is InChI=1S/C13H24N2O2S/c1-5-10-11(16)14-13(3,6-2)12(17)15(10)8-7-9-18-4/h10H,5-9H2,1-4H3,(H,14,16). The van der Waals surface area contributed by atoms with Gasteiger partial charge in [0.2, 0.25) is 11.8 Å². The molecule has 2 amide bonds. The molecular weight excluding hydrogens is 248 g/mol. The molecule has 2 unspecified atom stereocenters. The van der Waals surface area contributed by atoms with Crippen LogP contribution in [0.5, 0.6) is 0 Å². The van der Waals surface area contributed by atoms with E-state index < -0.39 is 5.54 Å². The first-order chi connectivity index (χ1) is 8.50. The normalized spacial score (nSPS) is 28.4. The van der Waals surface area contributed by atoms with Gasteiger partial charge in [0.25, 0.3) is 0 Å². The highest BCUT2D eigenvalue weighted by Gasteiger charge is 2.45. The summed E-state index contributed by atoms with van der Waals surface area (Å²) in [4.78, 5) is 26.3. The minimum absolute atomic E-state index is 0.00870. The van der Waals surface area contributed by atoms with Gasteiger partial charge in [-0.2, -0.15) is 11.8 Å². The third kappa shape index (κ3) is 2.99. The molecule has 0 aliphatic carbocycles. The van der Waals surface area contributed by atoms with Crippen molar-refractivity contribution in [1.82, 2.24) is 10.2 Å². The van der Waals surface area contributed by atoms with Crippen molar-refractivity contribution in [3.63, 3.8) is 0 Å². The number of hydrogen-bond acceptors (Lipinski definition) is 3. The van der Waals surface area contributed by atoms with Gasteiger partial charge in [0.05, 0.1) is 0 Å². The molecule has 104 valence electrons. The van der Waals surface area contributed by atoms with E-state index in [9.17, 15) is 9.59 Å². The van der Waals surface area contributed by atoms with E-state index >= 15 is 0 Å². The third-order valence-electron chi connectivity index (χ3n) is 3.65. The Labute approximate surface area is 114 Å². The first-order valence-electron chi connectivity index (χ1n) is 6.62. The molecule has 5 heteroatoms. The summed E-state index contributed by atoms with van der Waals surface area (Å²) in [5, 5.41) is 2.88. The highest BCUT2D eigenvalue weighted by molar-refractivity contribution is 7.98. The van der Waals surface area contributed by atoms with Crippen LogP contribution in [0.15, 0.2) is 0 Å². The van der Waals surface area contributed by atoms with Crippen molar-refractivity contribution >= 4 is 23.6 Å². The molecule has 0 aromatic heterocycles. The van der Waals surface area contributed by atoms with Crippen LogP contribution in [0, 0.1) is 0 Å². The summed E-state index contributed by atoms with van der Waals surface area (Å²) < 4.78 is 0. The lowest BCUT2D eigenvalue weighted by atomic mass is 9.91. The molecule has 0 radical (unpaired) electrons. The number of thioether (sulfide) groups is 1. The maximum absolute atomic E-state index is 12.5. The van der Waals surface area contributed by atoms with Crippen molar-refractivity contribution in [3.05, 3.63) is 0 Å². The molecule has 18 heavy (non-hydrogen) atoms. The number of rotatable bonds is 6. The van der Waals surface area contributed by atoms with Crippen LogP contribution in [-0.2, 0) is 9.59 Å². The molecule has 1 fully saturated rings. The van der Waals surface area contributed by atoms with Gasteiger partial charge < -0.3 is 10.2 Å². The number of nitrogens with one attached hydrogen (secondary N) is 1. The molecule has 1 aliphatic rings. The Morgan fingerprint density at radius 2 is 2.06 bits per heavy atom. The molecule has 1 rings (SSSR count). The monoisotopic (exact) mass is 272 g/mol. The van der Waals surface area contributed by atoms with Crippen molar-refractivity contribution in [2.24, 2.45) is 0 Å². The van der Waals surface area contributed by atoms with E-state index in [1.807, 2.05) is 20.8 Å². The zero-order valence-corrected chi connectivity index (χ0v) is 12.6. The first kappa shape index (κ1) is 15.3. The molecule has 1 saturated heterocycles. The fraction of sp³-hybridized carbons (Fsp3) is 0.846. The van der Waals surface area contributed by atoms with Crippen LogP contribution in [0.4, 0.5) is 0 Å². The molecule has 1 aliphatic heterocycles. The minimum Gasteiger partial charge on any atom is -0.340 e. The number of carbonyl (C=O) groups excluding carboxylic acids is 2. The molecule has 4 nitrogen and oxygen atoms in total. The maximum atomic E-state index is 12.5. The molecule has 1 heterocycles. The predicted octanol–water partition coefficient (Wildman–Crippen LogP) is 1.65. The van der Waals surface area contributed by atoms with Crippen LogP contribution in [0.25, 0.3) is 0 Å². The lowest BCUT2D eigenvalue weighted by Crippen LogP contribution is -2.69. The van der Waals surface area contributed by atoms with Gasteiger partial charge in [0, 0.05) is 6.54 Å². The summed E-state index contributed by atoms with van der Waals surface area (Å²) in [6.07, 6.45) is 4.30. The largest absolute Gasteiger partial charge is 0.340 e. The van der Waals surface area contributed by atoms with E-state index in [1.54, 1.807) is 16.7 Å². The van der Waals surface area contributed by atoms with E-state index in [4.69, 9.17) is 0 Å². The van der Waals surface area contributed by atoms with Crippen LogP contribution < -0.4 is 5.32 Å². The van der Waals surface area contributed by atoms with Crippen molar-refractivity contribution in [2.45, 2.75) is 51.6 Å². The van der Waals surface area contributed by atoms with Gasteiger partial charge in [-0.05, 0) is 38.2 Å².